The van der Waals surface area contributed by atoms with Gasteiger partial charge < -0.3 is 14.4 Å². The van der Waals surface area contributed by atoms with E-state index < -0.39 is 0 Å². The van der Waals surface area contributed by atoms with Crippen LogP contribution in [0, 0.1) is 5.92 Å². The summed E-state index contributed by atoms with van der Waals surface area (Å²) in [5.74, 6) is 0.253. The number of carbonyl (C=O) groups excluding carboxylic acids is 1. The molecule has 172 valence electrons. The number of ether oxygens (including phenoxy) is 2. The third-order valence-corrected chi connectivity index (χ3v) is 6.65. The Balaban J connectivity index is 1.60. The van der Waals surface area contributed by atoms with Gasteiger partial charge in [0.2, 0.25) is 5.88 Å². The van der Waals surface area contributed by atoms with Crippen molar-refractivity contribution in [3.8, 4) is 11.9 Å². The number of nitrogens with zero attached hydrogens (tertiary/aromatic N) is 4. The van der Waals surface area contributed by atoms with Crippen molar-refractivity contribution in [1.29, 1.82) is 0 Å². The summed E-state index contributed by atoms with van der Waals surface area (Å²) in [5.41, 5.74) is 1.37. The molecule has 7 nitrogen and oxygen atoms in total. The highest BCUT2D eigenvalue weighted by atomic mass is 35.5. The van der Waals surface area contributed by atoms with E-state index in [-0.39, 0.29) is 29.9 Å². The number of methoxy groups -OCH3 is 1. The topological polar surface area (TPSA) is 77.4 Å². The van der Waals surface area contributed by atoms with Crippen molar-refractivity contribution in [2.24, 2.45) is 5.92 Å². The van der Waals surface area contributed by atoms with E-state index in [1.807, 2.05) is 19.1 Å². The first-order valence-electron chi connectivity index (χ1n) is 10.2. The molecule has 4 rings (SSSR count). The predicted molar refractivity (Wildman–Crippen MR) is 127 cm³/mol. The molecule has 0 unspecified atom stereocenters. The van der Waals surface area contributed by atoms with Crippen LogP contribution in [0.5, 0.6) is 11.9 Å². The van der Waals surface area contributed by atoms with E-state index >= 15 is 0 Å². The highest BCUT2D eigenvalue weighted by Crippen LogP contribution is 2.38. The summed E-state index contributed by atoms with van der Waals surface area (Å²) in [7, 11) is 1.47. The van der Waals surface area contributed by atoms with Crippen LogP contribution < -0.4 is 9.47 Å². The lowest BCUT2D eigenvalue weighted by Crippen LogP contribution is -2.32. The SMILES string of the molecule is COc1ncc(C(=O)N2C[C@@H]([C@H](C)Oc3ccc(Cl)cn3)[C@@H](c3ccc(Cl)c(Cl)c3)C2)cn1. The second kappa shape index (κ2) is 10.1. The maximum Gasteiger partial charge on any atom is 0.316 e. The fraction of sp³-hybridized carbons (Fsp3) is 0.304. The zero-order valence-corrected chi connectivity index (χ0v) is 20.2. The maximum atomic E-state index is 13.2. The van der Waals surface area contributed by atoms with E-state index in [4.69, 9.17) is 44.3 Å². The molecule has 0 radical (unpaired) electrons. The van der Waals surface area contributed by atoms with Gasteiger partial charge in [-0.25, -0.2) is 15.0 Å². The van der Waals surface area contributed by atoms with Gasteiger partial charge in [-0.1, -0.05) is 40.9 Å². The summed E-state index contributed by atoms with van der Waals surface area (Å²) in [5, 5.41) is 1.48. The minimum absolute atomic E-state index is 0.0230. The van der Waals surface area contributed by atoms with Gasteiger partial charge in [-0.15, -0.1) is 0 Å². The number of benzene rings is 1. The summed E-state index contributed by atoms with van der Waals surface area (Å²) < 4.78 is 11.1. The molecule has 33 heavy (non-hydrogen) atoms. The first-order chi connectivity index (χ1) is 15.9. The molecule has 0 saturated carbocycles. The van der Waals surface area contributed by atoms with Gasteiger partial charge in [-0.05, 0) is 30.7 Å². The Labute approximate surface area is 206 Å². The number of rotatable bonds is 6. The van der Waals surface area contributed by atoms with E-state index in [0.717, 1.165) is 5.56 Å². The van der Waals surface area contributed by atoms with Crippen LogP contribution in [0.25, 0.3) is 0 Å². The zero-order valence-electron chi connectivity index (χ0n) is 17.9. The van der Waals surface area contributed by atoms with Crippen molar-refractivity contribution in [1.82, 2.24) is 19.9 Å². The highest BCUT2D eigenvalue weighted by molar-refractivity contribution is 6.42. The summed E-state index contributed by atoms with van der Waals surface area (Å²) >= 11 is 18.4. The molecule has 3 aromatic rings. The van der Waals surface area contributed by atoms with Gasteiger partial charge in [0.1, 0.15) is 6.10 Å². The molecule has 1 amide bonds. The molecule has 1 fully saturated rings. The molecule has 0 N–H and O–H groups in total. The van der Waals surface area contributed by atoms with Crippen LogP contribution >= 0.6 is 34.8 Å². The first-order valence-corrected chi connectivity index (χ1v) is 11.4. The lowest BCUT2D eigenvalue weighted by Gasteiger charge is -2.25. The van der Waals surface area contributed by atoms with E-state index in [1.165, 1.54) is 25.7 Å². The van der Waals surface area contributed by atoms with Crippen LogP contribution in [0.3, 0.4) is 0 Å². The smallest absolute Gasteiger partial charge is 0.316 e. The zero-order chi connectivity index (χ0) is 23.5. The first kappa shape index (κ1) is 23.5. The Morgan fingerprint density at radius 1 is 1.03 bits per heavy atom. The van der Waals surface area contributed by atoms with Crippen molar-refractivity contribution in [2.75, 3.05) is 20.2 Å². The fourth-order valence-corrected chi connectivity index (χ4v) is 4.41. The van der Waals surface area contributed by atoms with Crippen LogP contribution in [-0.2, 0) is 0 Å². The van der Waals surface area contributed by atoms with E-state index in [9.17, 15) is 4.79 Å². The number of hydrogen-bond donors (Lipinski definition) is 0. The quantitative estimate of drug-likeness (QED) is 0.458. The minimum Gasteiger partial charge on any atom is -0.474 e. The summed E-state index contributed by atoms with van der Waals surface area (Å²) in [6.07, 6.45) is 4.22. The number of halogens is 3. The molecular formula is C23H21Cl3N4O3. The van der Waals surface area contributed by atoms with Crippen molar-refractivity contribution in [2.45, 2.75) is 18.9 Å². The predicted octanol–water partition coefficient (Wildman–Crippen LogP) is 5.16. The largest absolute Gasteiger partial charge is 0.474 e. The maximum absolute atomic E-state index is 13.2. The monoisotopic (exact) mass is 506 g/mol. The molecule has 0 aliphatic carbocycles. The number of likely N-dealkylation sites (tertiary alicyclic amines) is 1. The third kappa shape index (κ3) is 5.32. The van der Waals surface area contributed by atoms with Gasteiger partial charge in [0, 0.05) is 49.6 Å². The number of pyridine rings is 1. The normalized spacial score (nSPS) is 18.8. The van der Waals surface area contributed by atoms with Crippen molar-refractivity contribution >= 4 is 40.7 Å². The molecule has 0 bridgehead atoms. The average Bonchev–Trinajstić information content (AvgIpc) is 3.27. The van der Waals surface area contributed by atoms with E-state index in [0.29, 0.717) is 39.6 Å². The second-order valence-electron chi connectivity index (χ2n) is 7.75. The van der Waals surface area contributed by atoms with Crippen LogP contribution in [-0.4, -0.2) is 52.1 Å². The van der Waals surface area contributed by atoms with Gasteiger partial charge in [-0.3, -0.25) is 4.79 Å². The lowest BCUT2D eigenvalue weighted by atomic mass is 9.86. The van der Waals surface area contributed by atoms with Crippen LogP contribution in [0.2, 0.25) is 15.1 Å². The Kier molecular flexibility index (Phi) is 7.22. The Morgan fingerprint density at radius 3 is 2.42 bits per heavy atom. The average molecular weight is 508 g/mol. The molecule has 0 spiro atoms. The van der Waals surface area contributed by atoms with Crippen LogP contribution in [0.4, 0.5) is 0 Å². The second-order valence-corrected chi connectivity index (χ2v) is 9.00. The van der Waals surface area contributed by atoms with E-state index in [1.54, 1.807) is 23.1 Å². The van der Waals surface area contributed by atoms with Crippen molar-refractivity contribution in [3.63, 3.8) is 0 Å². The van der Waals surface area contributed by atoms with Gasteiger partial charge in [0.05, 0.1) is 27.7 Å². The van der Waals surface area contributed by atoms with Gasteiger partial charge in [0.25, 0.3) is 5.91 Å². The fourth-order valence-electron chi connectivity index (χ4n) is 3.99. The summed E-state index contributed by atoms with van der Waals surface area (Å²) in [6, 6.07) is 9.20. The molecule has 2 aromatic heterocycles. The number of amides is 1. The molecule has 1 aromatic carbocycles. The number of hydrogen-bond acceptors (Lipinski definition) is 6. The molecule has 3 atom stereocenters. The highest BCUT2D eigenvalue weighted by Gasteiger charge is 2.40. The van der Waals surface area contributed by atoms with Gasteiger partial charge in [0.15, 0.2) is 0 Å². The number of aromatic nitrogens is 3. The Hall–Kier alpha value is -2.61. The lowest BCUT2D eigenvalue weighted by molar-refractivity contribution is 0.0768. The van der Waals surface area contributed by atoms with Crippen LogP contribution in [0.1, 0.15) is 28.8 Å². The molecule has 1 aliphatic rings. The number of carbonyl (C=O) groups is 1. The minimum atomic E-state index is -0.247. The standard InChI is InChI=1S/C23H21Cl3N4O3/c1-13(33-21-6-4-16(24)10-27-21)17-11-30(22(31)15-8-28-23(32-2)29-9-15)12-18(17)14-3-5-19(25)20(26)7-14/h3-10,13,17-18H,11-12H2,1-2H3/t13-,17-,18+/m0/s1. The van der Waals surface area contributed by atoms with Gasteiger partial charge in [-0.2, -0.15) is 0 Å². The van der Waals surface area contributed by atoms with Crippen molar-refractivity contribution < 1.29 is 14.3 Å². The molecule has 1 saturated heterocycles. The molecule has 3 heterocycles. The Bertz CT molecular complexity index is 1130. The summed E-state index contributed by atoms with van der Waals surface area (Å²) in [4.78, 5) is 27.3. The van der Waals surface area contributed by atoms with Crippen molar-refractivity contribution in [3.05, 3.63) is 75.1 Å². The van der Waals surface area contributed by atoms with Crippen LogP contribution in [0.15, 0.2) is 48.9 Å². The molecular weight excluding hydrogens is 487 g/mol. The molecule has 10 heteroatoms. The summed E-state index contributed by atoms with van der Waals surface area (Å²) in [6.45, 7) is 2.93. The molecule has 1 aliphatic heterocycles. The van der Waals surface area contributed by atoms with E-state index in [2.05, 4.69) is 15.0 Å². The van der Waals surface area contributed by atoms with Gasteiger partial charge >= 0.3 is 6.01 Å². The Morgan fingerprint density at radius 2 is 1.79 bits per heavy atom. The third-order valence-electron chi connectivity index (χ3n) is 5.69.